The van der Waals surface area contributed by atoms with E-state index >= 15 is 0 Å². The van der Waals surface area contributed by atoms with Crippen molar-refractivity contribution in [2.75, 3.05) is 0 Å². The fourth-order valence-electron chi connectivity index (χ4n) is 12.3. The Kier molecular flexibility index (Phi) is 7.55. The minimum absolute atomic E-state index is 0.189. The van der Waals surface area contributed by atoms with Gasteiger partial charge in [0.2, 0.25) is 0 Å². The maximum absolute atomic E-state index is 2.55. The molecule has 312 valence electrons. The Morgan fingerprint density at radius 1 is 0.288 bits per heavy atom. The largest absolute Gasteiger partial charge is 0.309 e. The van der Waals surface area contributed by atoms with Crippen LogP contribution in [0.25, 0.3) is 110 Å². The van der Waals surface area contributed by atoms with Gasteiger partial charge in [-0.15, -0.1) is 0 Å². The van der Waals surface area contributed by atoms with Crippen molar-refractivity contribution >= 4 is 54.4 Å². The van der Waals surface area contributed by atoms with Crippen molar-refractivity contribution in [1.29, 1.82) is 0 Å². The zero-order valence-electron chi connectivity index (χ0n) is 37.5. The lowest BCUT2D eigenvalue weighted by atomic mass is 9.78. The molecule has 66 heavy (non-hydrogen) atoms. The lowest BCUT2D eigenvalue weighted by Gasteiger charge is -2.25. The molecule has 0 saturated carbocycles. The lowest BCUT2D eigenvalue weighted by Crippen LogP contribution is -2.17. The predicted octanol–water partition coefficient (Wildman–Crippen LogP) is 17.0. The van der Waals surface area contributed by atoms with Crippen molar-refractivity contribution in [3.8, 4) is 55.9 Å². The van der Waals surface area contributed by atoms with E-state index in [-0.39, 0.29) is 10.8 Å². The summed E-state index contributed by atoms with van der Waals surface area (Å²) in [4.78, 5) is 0. The Bertz CT molecular complexity index is 4030. The number of benzene rings is 10. The van der Waals surface area contributed by atoms with Gasteiger partial charge in [0, 0.05) is 43.7 Å². The monoisotopic (exact) mass is 842 g/mol. The quantitative estimate of drug-likeness (QED) is 0.167. The maximum Gasteiger partial charge on any atom is 0.0547 e. The molecule has 0 saturated heterocycles. The molecule has 2 heteroatoms. The SMILES string of the molecule is CC1(C)c2cc(-n3c4ccccc4c4ccc(-c5ccccc5)cc43)ccc2-c2cc3c(cc21)-c1ccc2cc(-n4c5ccccc5c5ccc(-c6ccccc6)cc54)ccc2c1C3(C)C. The molecule has 2 aromatic heterocycles. The molecule has 0 spiro atoms. The summed E-state index contributed by atoms with van der Waals surface area (Å²) in [6, 6.07) is 77.3. The molecule has 2 heterocycles. The topological polar surface area (TPSA) is 9.86 Å². The molecule has 10 aromatic carbocycles. The van der Waals surface area contributed by atoms with Gasteiger partial charge in [-0.1, -0.05) is 173 Å². The summed E-state index contributed by atoms with van der Waals surface area (Å²) in [6.07, 6.45) is 0. The van der Waals surface area contributed by atoms with Gasteiger partial charge in [-0.3, -0.25) is 0 Å². The Labute approximate surface area is 384 Å². The first-order valence-corrected chi connectivity index (χ1v) is 23.3. The lowest BCUT2D eigenvalue weighted by molar-refractivity contribution is 0.654. The molecule has 0 aliphatic heterocycles. The van der Waals surface area contributed by atoms with Crippen LogP contribution < -0.4 is 0 Å². The summed E-state index contributed by atoms with van der Waals surface area (Å²) in [5, 5.41) is 7.70. The van der Waals surface area contributed by atoms with Gasteiger partial charge in [-0.05, 0) is 138 Å². The number of para-hydroxylation sites is 2. The summed E-state index contributed by atoms with van der Waals surface area (Å²) in [5.41, 5.74) is 22.9. The van der Waals surface area contributed by atoms with Crippen LogP contribution in [0.15, 0.2) is 206 Å². The molecule has 2 aliphatic carbocycles. The van der Waals surface area contributed by atoms with Crippen molar-refractivity contribution in [3.05, 3.63) is 229 Å². The molecular weight excluding hydrogens is 797 g/mol. The fourth-order valence-corrected chi connectivity index (χ4v) is 12.3. The second kappa shape index (κ2) is 13.3. The third kappa shape index (κ3) is 5.07. The highest BCUT2D eigenvalue weighted by Crippen LogP contribution is 2.57. The molecule has 12 aromatic rings. The maximum atomic E-state index is 2.55. The smallest absolute Gasteiger partial charge is 0.0547 e. The molecule has 2 aliphatic rings. The number of hydrogen-bond acceptors (Lipinski definition) is 0. The van der Waals surface area contributed by atoms with Crippen molar-refractivity contribution in [2.45, 2.75) is 38.5 Å². The molecule has 0 radical (unpaired) electrons. The van der Waals surface area contributed by atoms with Crippen LogP contribution >= 0.6 is 0 Å². The third-order valence-corrected chi connectivity index (χ3v) is 15.5. The summed E-state index contributed by atoms with van der Waals surface area (Å²) < 4.78 is 4.94. The van der Waals surface area contributed by atoms with Gasteiger partial charge in [0.05, 0.1) is 22.1 Å². The summed E-state index contributed by atoms with van der Waals surface area (Å²) in [6.45, 7) is 9.72. The van der Waals surface area contributed by atoms with Gasteiger partial charge < -0.3 is 9.13 Å². The predicted molar refractivity (Wildman–Crippen MR) is 279 cm³/mol. The van der Waals surface area contributed by atoms with Gasteiger partial charge in [0.1, 0.15) is 0 Å². The molecule has 0 fully saturated rings. The zero-order valence-corrected chi connectivity index (χ0v) is 37.5. The second-order valence-corrected chi connectivity index (χ2v) is 19.7. The number of nitrogens with zero attached hydrogens (tertiary/aromatic N) is 2. The Balaban J connectivity index is 0.883. The average molecular weight is 843 g/mol. The Morgan fingerprint density at radius 2 is 0.742 bits per heavy atom. The number of rotatable bonds is 4. The van der Waals surface area contributed by atoms with Crippen LogP contribution in [0, 0.1) is 0 Å². The first-order valence-electron chi connectivity index (χ1n) is 23.3. The van der Waals surface area contributed by atoms with Crippen LogP contribution in [0.1, 0.15) is 49.9 Å². The van der Waals surface area contributed by atoms with E-state index in [1.54, 1.807) is 0 Å². The van der Waals surface area contributed by atoms with Crippen molar-refractivity contribution < 1.29 is 0 Å². The molecule has 0 atom stereocenters. The molecule has 0 unspecified atom stereocenters. The first-order chi connectivity index (χ1) is 32.2. The highest BCUT2D eigenvalue weighted by molar-refractivity contribution is 6.12. The van der Waals surface area contributed by atoms with Crippen molar-refractivity contribution in [2.24, 2.45) is 0 Å². The van der Waals surface area contributed by atoms with Gasteiger partial charge >= 0.3 is 0 Å². The normalized spacial score (nSPS) is 14.3. The van der Waals surface area contributed by atoms with Crippen LogP contribution in [0.2, 0.25) is 0 Å². The van der Waals surface area contributed by atoms with E-state index in [1.807, 2.05) is 0 Å². The van der Waals surface area contributed by atoms with Crippen LogP contribution in [0.3, 0.4) is 0 Å². The highest BCUT2D eigenvalue weighted by atomic mass is 15.0. The van der Waals surface area contributed by atoms with Gasteiger partial charge in [-0.2, -0.15) is 0 Å². The van der Waals surface area contributed by atoms with E-state index in [9.17, 15) is 0 Å². The molecular formula is C64H46N2. The molecule has 14 rings (SSSR count). The van der Waals surface area contributed by atoms with Gasteiger partial charge in [-0.25, -0.2) is 0 Å². The van der Waals surface area contributed by atoms with Crippen molar-refractivity contribution in [1.82, 2.24) is 9.13 Å². The summed E-state index contributed by atoms with van der Waals surface area (Å²) >= 11 is 0. The summed E-state index contributed by atoms with van der Waals surface area (Å²) in [5.74, 6) is 0. The number of hydrogen-bond donors (Lipinski definition) is 0. The Hall–Kier alpha value is -7.94. The van der Waals surface area contributed by atoms with Crippen molar-refractivity contribution in [3.63, 3.8) is 0 Å². The number of fused-ring (bicyclic) bond motifs is 14. The molecule has 2 nitrogen and oxygen atoms in total. The minimum atomic E-state index is -0.190. The Morgan fingerprint density at radius 3 is 1.35 bits per heavy atom. The molecule has 0 bridgehead atoms. The van der Waals surface area contributed by atoms with E-state index in [0.29, 0.717) is 0 Å². The third-order valence-electron chi connectivity index (χ3n) is 15.5. The average Bonchev–Trinajstić information content (AvgIpc) is 4.01. The van der Waals surface area contributed by atoms with E-state index < -0.39 is 0 Å². The summed E-state index contributed by atoms with van der Waals surface area (Å²) in [7, 11) is 0. The zero-order chi connectivity index (χ0) is 44.1. The standard InChI is InChI=1S/C64H46N2/c1-63(2)55-36-45(66-59-22-14-12-20-49(59)51-29-24-42(35-61(51)66)40-17-9-6-10-18-40)27-32-47(55)53-37-57-54(38-56(53)63)52-30-25-43-33-44(26-31-46(43)62(52)64(57,3)4)65-58-21-13-11-19-48(58)50-28-23-41(34-60(50)65)39-15-7-5-8-16-39/h5-38H,1-4H3. The van der Waals surface area contributed by atoms with Crippen LogP contribution in [0.5, 0.6) is 0 Å². The van der Waals surface area contributed by atoms with Crippen LogP contribution in [-0.4, -0.2) is 9.13 Å². The van der Waals surface area contributed by atoms with Gasteiger partial charge in [0.15, 0.2) is 0 Å². The van der Waals surface area contributed by atoms with E-state index in [4.69, 9.17) is 0 Å². The molecule has 0 amide bonds. The fraction of sp³-hybridized carbons (Fsp3) is 0.0938. The van der Waals surface area contributed by atoms with Crippen LogP contribution in [-0.2, 0) is 10.8 Å². The first kappa shape index (κ1) is 37.4. The number of aromatic nitrogens is 2. The van der Waals surface area contributed by atoms with E-state index in [0.717, 1.165) is 0 Å². The second-order valence-electron chi connectivity index (χ2n) is 19.7. The van der Waals surface area contributed by atoms with E-state index in [1.165, 1.54) is 133 Å². The van der Waals surface area contributed by atoms with Crippen LogP contribution in [0.4, 0.5) is 0 Å². The minimum Gasteiger partial charge on any atom is -0.309 e. The molecule has 0 N–H and O–H groups in total. The van der Waals surface area contributed by atoms with Gasteiger partial charge in [0.25, 0.3) is 0 Å². The highest BCUT2D eigenvalue weighted by Gasteiger charge is 2.42. The van der Waals surface area contributed by atoms with E-state index in [2.05, 4.69) is 243 Å².